The Bertz CT molecular complexity index is 1620. The van der Waals surface area contributed by atoms with Gasteiger partial charge in [-0.1, -0.05) is 49.6 Å². The van der Waals surface area contributed by atoms with Crippen molar-refractivity contribution < 1.29 is 22.4 Å². The lowest BCUT2D eigenvalue weighted by Crippen LogP contribution is -2.39. The van der Waals surface area contributed by atoms with E-state index in [9.17, 15) is 22.4 Å². The summed E-state index contributed by atoms with van der Waals surface area (Å²) in [7, 11) is 0.428. The molecule has 2 heterocycles. The first-order chi connectivity index (χ1) is 19.6. The Balaban J connectivity index is 1.71. The monoisotopic (exact) mass is 580 g/mol. The Labute approximate surface area is 241 Å². The van der Waals surface area contributed by atoms with Crippen LogP contribution in [0.4, 0.5) is 4.39 Å². The highest BCUT2D eigenvalue weighted by molar-refractivity contribution is 7.87. The minimum absolute atomic E-state index is 0.173. The number of carbonyl (C=O) groups is 2. The van der Waals surface area contributed by atoms with Gasteiger partial charge in [0.1, 0.15) is 0 Å². The number of likely N-dealkylation sites (N-methyl/N-ethyl adjacent to an activating group) is 1. The lowest BCUT2D eigenvalue weighted by molar-refractivity contribution is -0.126. The van der Waals surface area contributed by atoms with Crippen LogP contribution in [-0.4, -0.2) is 68.4 Å². The number of aromatic nitrogens is 1. The molecule has 0 unspecified atom stereocenters. The van der Waals surface area contributed by atoms with Crippen LogP contribution in [0.1, 0.15) is 65.9 Å². The zero-order chi connectivity index (χ0) is 29.3. The number of hydrogen-bond donors (Lipinski definition) is 1. The molecule has 2 amide bonds. The van der Waals surface area contributed by atoms with Crippen molar-refractivity contribution in [2.45, 2.75) is 51.0 Å². The summed E-state index contributed by atoms with van der Waals surface area (Å²) in [6.45, 7) is 0.0870. The highest BCUT2D eigenvalue weighted by atomic mass is 32.2. The summed E-state index contributed by atoms with van der Waals surface area (Å²) < 4.78 is 42.8. The summed E-state index contributed by atoms with van der Waals surface area (Å²) in [6.07, 6.45) is 7.80. The smallest absolute Gasteiger partial charge is 0.303 e. The molecule has 0 bridgehead atoms. The Morgan fingerprint density at radius 1 is 1.05 bits per heavy atom. The molecule has 1 aromatic heterocycles. The average molecular weight is 581 g/mol. The van der Waals surface area contributed by atoms with E-state index in [2.05, 4.69) is 15.4 Å². The molecule has 3 aromatic rings. The van der Waals surface area contributed by atoms with E-state index in [0.29, 0.717) is 18.0 Å². The molecule has 0 saturated heterocycles. The Hall–Kier alpha value is -3.50. The number of carbonyl (C=O) groups excluding carboxylic acids is 2. The van der Waals surface area contributed by atoms with Crippen molar-refractivity contribution >= 4 is 39.0 Å². The molecular formula is C31H37FN4O4S. The van der Waals surface area contributed by atoms with Crippen LogP contribution in [-0.2, 0) is 21.5 Å². The zero-order valence-corrected chi connectivity index (χ0v) is 24.6. The quantitative estimate of drug-likeness (QED) is 0.401. The van der Waals surface area contributed by atoms with E-state index in [-0.39, 0.29) is 24.4 Å². The maximum absolute atomic E-state index is 13.6. The third kappa shape index (κ3) is 5.67. The van der Waals surface area contributed by atoms with Crippen LogP contribution >= 0.6 is 0 Å². The van der Waals surface area contributed by atoms with Crippen LogP contribution in [0.3, 0.4) is 0 Å². The second-order valence-electron chi connectivity index (χ2n) is 11.2. The highest BCUT2D eigenvalue weighted by Gasteiger charge is 2.31. The second-order valence-corrected chi connectivity index (χ2v) is 13.0. The van der Waals surface area contributed by atoms with Gasteiger partial charge in [-0.05, 0) is 54.5 Å². The molecule has 2 aromatic carbocycles. The van der Waals surface area contributed by atoms with E-state index in [1.54, 1.807) is 24.1 Å². The van der Waals surface area contributed by atoms with Gasteiger partial charge in [0.25, 0.3) is 11.8 Å². The topological polar surface area (TPSA) is 91.7 Å². The van der Waals surface area contributed by atoms with Gasteiger partial charge in [0, 0.05) is 55.3 Å². The molecule has 1 fully saturated rings. The maximum atomic E-state index is 13.6. The normalized spacial score (nSPS) is 15.7. The number of benzene rings is 2. The minimum Gasteiger partial charge on any atom is -0.342 e. The van der Waals surface area contributed by atoms with E-state index in [0.717, 1.165) is 57.7 Å². The van der Waals surface area contributed by atoms with E-state index in [1.807, 2.05) is 30.3 Å². The van der Waals surface area contributed by atoms with Crippen LogP contribution < -0.4 is 4.72 Å². The van der Waals surface area contributed by atoms with E-state index >= 15 is 0 Å². The SMILES string of the molecule is CN(CCCF)C(=O)C1=Cc2ccccc2-c2c(C3CCCCC3)c3ccc(C(=O)NS(=O)(=O)N(C)C)cc3n2C1. The van der Waals surface area contributed by atoms with Crippen molar-refractivity contribution in [1.29, 1.82) is 0 Å². The fourth-order valence-corrected chi connectivity index (χ4v) is 6.59. The summed E-state index contributed by atoms with van der Waals surface area (Å²) in [5, 5.41) is 1.01. The predicted octanol–water partition coefficient (Wildman–Crippen LogP) is 5.11. The molecule has 8 nitrogen and oxygen atoms in total. The molecule has 218 valence electrons. The number of amides is 2. The fourth-order valence-electron chi connectivity index (χ4n) is 6.06. The molecule has 2 aliphatic rings. The van der Waals surface area contributed by atoms with Crippen molar-refractivity contribution in [3.8, 4) is 11.3 Å². The van der Waals surface area contributed by atoms with Crippen molar-refractivity contribution in [2.75, 3.05) is 34.4 Å². The van der Waals surface area contributed by atoms with Crippen LogP contribution in [0.2, 0.25) is 0 Å². The molecule has 0 radical (unpaired) electrons. The minimum atomic E-state index is -3.97. The first-order valence-corrected chi connectivity index (χ1v) is 15.6. The molecule has 1 saturated carbocycles. The molecule has 41 heavy (non-hydrogen) atoms. The van der Waals surface area contributed by atoms with Gasteiger partial charge in [-0.15, -0.1) is 0 Å². The van der Waals surface area contributed by atoms with E-state index in [4.69, 9.17) is 0 Å². The van der Waals surface area contributed by atoms with Crippen molar-refractivity contribution in [3.05, 3.63) is 64.7 Å². The Kier molecular flexibility index (Phi) is 8.33. The third-order valence-electron chi connectivity index (χ3n) is 8.20. The molecule has 10 heteroatoms. The van der Waals surface area contributed by atoms with Gasteiger partial charge >= 0.3 is 10.2 Å². The summed E-state index contributed by atoms with van der Waals surface area (Å²) in [6, 6.07) is 13.3. The number of fused-ring (bicyclic) bond motifs is 5. The van der Waals surface area contributed by atoms with Gasteiger partial charge in [-0.25, -0.2) is 4.72 Å². The first-order valence-electron chi connectivity index (χ1n) is 14.1. The Morgan fingerprint density at radius 3 is 2.49 bits per heavy atom. The van der Waals surface area contributed by atoms with E-state index < -0.39 is 22.8 Å². The second kappa shape index (κ2) is 11.8. The van der Waals surface area contributed by atoms with Crippen LogP contribution in [0.5, 0.6) is 0 Å². The Morgan fingerprint density at radius 2 is 1.78 bits per heavy atom. The molecule has 0 spiro atoms. The number of rotatable bonds is 8. The fraction of sp³-hybridized carbons (Fsp3) is 0.419. The summed E-state index contributed by atoms with van der Waals surface area (Å²) in [5.41, 5.74) is 5.75. The largest absolute Gasteiger partial charge is 0.342 e. The molecular weight excluding hydrogens is 543 g/mol. The zero-order valence-electron chi connectivity index (χ0n) is 23.8. The number of nitrogens with one attached hydrogen (secondary N) is 1. The maximum Gasteiger partial charge on any atom is 0.303 e. The van der Waals surface area contributed by atoms with Crippen molar-refractivity contribution in [2.24, 2.45) is 0 Å². The summed E-state index contributed by atoms with van der Waals surface area (Å²) in [5.74, 6) is -0.566. The van der Waals surface area contributed by atoms with Gasteiger partial charge in [0.15, 0.2) is 0 Å². The predicted molar refractivity (Wildman–Crippen MR) is 159 cm³/mol. The molecule has 0 atom stereocenters. The standard InChI is InChI=1S/C31H37FN4O4S/c1-34(2)41(39,40)33-30(37)23-14-15-26-27(19-23)36-20-24(31(38)35(3)17-9-16-32)18-22-12-7-8-13-25(22)29(36)28(26)21-10-5-4-6-11-21/h7-8,12-15,18-19,21H,4-6,9-11,16-17,20H2,1-3H3,(H,33,37). The van der Waals surface area contributed by atoms with E-state index in [1.165, 1.54) is 26.1 Å². The molecule has 1 aliphatic heterocycles. The highest BCUT2D eigenvalue weighted by Crippen LogP contribution is 2.46. The van der Waals surface area contributed by atoms with Crippen LogP contribution in [0.15, 0.2) is 48.0 Å². The molecule has 1 N–H and O–H groups in total. The van der Waals surface area contributed by atoms with Gasteiger partial charge in [-0.2, -0.15) is 12.7 Å². The number of nitrogens with zero attached hydrogens (tertiary/aromatic N) is 3. The molecule has 5 rings (SSSR count). The van der Waals surface area contributed by atoms with Crippen LogP contribution in [0.25, 0.3) is 28.2 Å². The number of hydrogen-bond acceptors (Lipinski definition) is 4. The van der Waals surface area contributed by atoms with Gasteiger partial charge in [-0.3, -0.25) is 14.0 Å². The van der Waals surface area contributed by atoms with Crippen molar-refractivity contribution in [1.82, 2.24) is 18.5 Å². The number of alkyl halides is 1. The molecule has 1 aliphatic carbocycles. The summed E-state index contributed by atoms with van der Waals surface area (Å²) in [4.78, 5) is 28.2. The van der Waals surface area contributed by atoms with Crippen molar-refractivity contribution in [3.63, 3.8) is 0 Å². The van der Waals surface area contributed by atoms with Gasteiger partial charge < -0.3 is 9.47 Å². The summed E-state index contributed by atoms with van der Waals surface area (Å²) >= 11 is 0. The first kappa shape index (κ1) is 29.0. The average Bonchev–Trinajstić information content (AvgIpc) is 3.17. The van der Waals surface area contributed by atoms with Crippen LogP contribution in [0, 0.1) is 0 Å². The lowest BCUT2D eigenvalue weighted by Gasteiger charge is -2.24. The van der Waals surface area contributed by atoms with Gasteiger partial charge in [0.2, 0.25) is 0 Å². The van der Waals surface area contributed by atoms with Gasteiger partial charge in [0.05, 0.1) is 18.9 Å². The lowest BCUT2D eigenvalue weighted by atomic mass is 9.81. The third-order valence-corrected chi connectivity index (χ3v) is 9.61. The number of halogens is 1.